The van der Waals surface area contributed by atoms with Crippen LogP contribution in [0.3, 0.4) is 0 Å². The zero-order valence-corrected chi connectivity index (χ0v) is 14.2. The topological polar surface area (TPSA) is 96.0 Å². The molecule has 0 aromatic carbocycles. The second-order valence-corrected chi connectivity index (χ2v) is 5.56. The van der Waals surface area contributed by atoms with Gasteiger partial charge in [0, 0.05) is 11.1 Å². The minimum absolute atomic E-state index is 0.0755. The molecular formula is C19H16O7. The van der Waals surface area contributed by atoms with E-state index in [0.29, 0.717) is 35.5 Å². The van der Waals surface area contributed by atoms with E-state index in [-0.39, 0.29) is 17.3 Å². The zero-order valence-electron chi connectivity index (χ0n) is 14.2. The van der Waals surface area contributed by atoms with Crippen LogP contribution in [-0.4, -0.2) is 31.9 Å². The van der Waals surface area contributed by atoms with Gasteiger partial charge in [-0.3, -0.25) is 4.79 Å². The van der Waals surface area contributed by atoms with Crippen LogP contribution in [0.4, 0.5) is 0 Å². The average molecular weight is 356 g/mol. The minimum Gasteiger partial charge on any atom is -0.463 e. The third kappa shape index (κ3) is 3.51. The Bertz CT molecular complexity index is 849. The first-order valence-corrected chi connectivity index (χ1v) is 7.84. The maximum atomic E-state index is 12.5. The van der Waals surface area contributed by atoms with Gasteiger partial charge in [-0.1, -0.05) is 0 Å². The predicted molar refractivity (Wildman–Crippen MR) is 90.3 cm³/mol. The molecule has 1 aliphatic carbocycles. The van der Waals surface area contributed by atoms with Crippen LogP contribution in [0.2, 0.25) is 0 Å². The van der Waals surface area contributed by atoms with Gasteiger partial charge in [0.25, 0.3) is 0 Å². The van der Waals surface area contributed by atoms with Crippen LogP contribution < -0.4 is 0 Å². The Kier molecular flexibility index (Phi) is 4.88. The number of furan rings is 2. The van der Waals surface area contributed by atoms with Crippen molar-refractivity contribution >= 4 is 29.9 Å². The summed E-state index contributed by atoms with van der Waals surface area (Å²) in [7, 11) is 2.53. The van der Waals surface area contributed by atoms with Gasteiger partial charge in [0.2, 0.25) is 11.5 Å². The SMILES string of the molecule is COC(=O)c1ccc(/C=C2/CC/C(=C\c3ccc(C(=O)OC)o3)C2=O)o1. The summed E-state index contributed by atoms with van der Waals surface area (Å²) < 4.78 is 19.9. The number of rotatable bonds is 4. The molecule has 7 heteroatoms. The maximum absolute atomic E-state index is 12.5. The number of allylic oxidation sites excluding steroid dienone is 2. The van der Waals surface area contributed by atoms with Crippen molar-refractivity contribution in [3.63, 3.8) is 0 Å². The van der Waals surface area contributed by atoms with Gasteiger partial charge in [-0.25, -0.2) is 9.59 Å². The lowest BCUT2D eigenvalue weighted by atomic mass is 10.1. The Morgan fingerprint density at radius 2 is 1.27 bits per heavy atom. The first-order valence-electron chi connectivity index (χ1n) is 7.84. The molecule has 2 aromatic heterocycles. The fraction of sp³-hybridized carbons (Fsp3) is 0.211. The van der Waals surface area contributed by atoms with E-state index < -0.39 is 11.9 Å². The van der Waals surface area contributed by atoms with Crippen molar-refractivity contribution in [2.75, 3.05) is 14.2 Å². The number of hydrogen-bond donors (Lipinski definition) is 0. The van der Waals surface area contributed by atoms with Gasteiger partial charge < -0.3 is 18.3 Å². The summed E-state index contributed by atoms with van der Waals surface area (Å²) in [6.45, 7) is 0. The molecule has 0 bridgehead atoms. The monoisotopic (exact) mass is 356 g/mol. The molecule has 0 saturated heterocycles. The van der Waals surface area contributed by atoms with Crippen molar-refractivity contribution in [2.45, 2.75) is 12.8 Å². The van der Waals surface area contributed by atoms with Crippen LogP contribution in [0, 0.1) is 0 Å². The van der Waals surface area contributed by atoms with Crippen LogP contribution in [0.15, 0.2) is 44.2 Å². The van der Waals surface area contributed by atoms with Crippen molar-refractivity contribution in [3.8, 4) is 0 Å². The maximum Gasteiger partial charge on any atom is 0.373 e. The lowest BCUT2D eigenvalue weighted by Crippen LogP contribution is -1.98. The first kappa shape index (κ1) is 17.5. The highest BCUT2D eigenvalue weighted by Crippen LogP contribution is 2.30. The molecule has 1 saturated carbocycles. The third-order valence-corrected chi connectivity index (χ3v) is 3.91. The van der Waals surface area contributed by atoms with Crippen molar-refractivity contribution in [1.82, 2.24) is 0 Å². The van der Waals surface area contributed by atoms with Gasteiger partial charge in [0.15, 0.2) is 5.78 Å². The number of ketones is 1. The Balaban J connectivity index is 1.77. The van der Waals surface area contributed by atoms with E-state index in [9.17, 15) is 14.4 Å². The molecule has 134 valence electrons. The quantitative estimate of drug-likeness (QED) is 0.613. The summed E-state index contributed by atoms with van der Waals surface area (Å²) in [5.74, 6) is -0.323. The summed E-state index contributed by atoms with van der Waals surface area (Å²) in [6, 6.07) is 6.18. The Hall–Kier alpha value is -3.35. The summed E-state index contributed by atoms with van der Waals surface area (Å²) in [5.41, 5.74) is 1.14. The third-order valence-electron chi connectivity index (χ3n) is 3.91. The molecule has 0 spiro atoms. The molecule has 0 N–H and O–H groups in total. The Morgan fingerprint density at radius 1 is 0.846 bits per heavy atom. The normalized spacial score (nSPS) is 17.1. The van der Waals surface area contributed by atoms with Crippen molar-refractivity contribution in [3.05, 3.63) is 58.5 Å². The second kappa shape index (κ2) is 7.26. The van der Waals surface area contributed by atoms with E-state index >= 15 is 0 Å². The largest absolute Gasteiger partial charge is 0.463 e. The molecular weight excluding hydrogens is 340 g/mol. The van der Waals surface area contributed by atoms with Crippen LogP contribution in [-0.2, 0) is 14.3 Å². The molecule has 0 unspecified atom stereocenters. The molecule has 26 heavy (non-hydrogen) atoms. The molecule has 0 aliphatic heterocycles. The standard InChI is InChI=1S/C19H16O7/c1-23-18(21)15-7-5-13(25-15)9-11-3-4-12(17(11)20)10-14-6-8-16(26-14)19(22)24-2/h5-10H,3-4H2,1-2H3/b11-9-,12-10+. The summed E-state index contributed by atoms with van der Waals surface area (Å²) >= 11 is 0. The number of hydrogen-bond acceptors (Lipinski definition) is 7. The Morgan fingerprint density at radius 3 is 1.65 bits per heavy atom. The highest BCUT2D eigenvalue weighted by Gasteiger charge is 2.24. The van der Waals surface area contributed by atoms with Crippen molar-refractivity contribution < 1.29 is 32.7 Å². The van der Waals surface area contributed by atoms with Crippen LogP contribution in [0.5, 0.6) is 0 Å². The minimum atomic E-state index is -0.577. The van der Waals surface area contributed by atoms with Gasteiger partial charge in [-0.2, -0.15) is 0 Å². The van der Waals surface area contributed by atoms with Crippen LogP contribution >= 0.6 is 0 Å². The number of esters is 2. The first-order chi connectivity index (χ1) is 12.5. The summed E-state index contributed by atoms with van der Waals surface area (Å²) in [4.78, 5) is 35.3. The fourth-order valence-electron chi connectivity index (χ4n) is 2.60. The van der Waals surface area contributed by atoms with Gasteiger partial charge in [-0.15, -0.1) is 0 Å². The van der Waals surface area contributed by atoms with E-state index in [0.717, 1.165) is 0 Å². The summed E-state index contributed by atoms with van der Waals surface area (Å²) in [5, 5.41) is 0. The van der Waals surface area contributed by atoms with E-state index in [1.807, 2.05) is 0 Å². The van der Waals surface area contributed by atoms with Crippen LogP contribution in [0.25, 0.3) is 12.2 Å². The van der Waals surface area contributed by atoms with E-state index in [1.54, 1.807) is 24.3 Å². The molecule has 1 aliphatic rings. The van der Waals surface area contributed by atoms with E-state index in [2.05, 4.69) is 9.47 Å². The molecule has 2 aromatic rings. The lowest BCUT2D eigenvalue weighted by Gasteiger charge is -1.95. The molecule has 0 amide bonds. The molecule has 7 nitrogen and oxygen atoms in total. The van der Waals surface area contributed by atoms with Crippen LogP contribution in [0.1, 0.15) is 45.5 Å². The molecule has 0 radical (unpaired) electrons. The molecule has 2 heterocycles. The number of carbonyl (C=O) groups excluding carboxylic acids is 3. The number of Topliss-reactive ketones (excluding diaryl/α,β-unsaturated/α-hetero) is 1. The Labute approximate surface area is 148 Å². The van der Waals surface area contributed by atoms with Crippen molar-refractivity contribution in [2.24, 2.45) is 0 Å². The predicted octanol–water partition coefficient (Wildman–Crippen LogP) is 3.28. The van der Waals surface area contributed by atoms with Gasteiger partial charge in [0.05, 0.1) is 14.2 Å². The highest BCUT2D eigenvalue weighted by molar-refractivity contribution is 6.15. The smallest absolute Gasteiger partial charge is 0.373 e. The number of methoxy groups -OCH3 is 2. The highest BCUT2D eigenvalue weighted by atomic mass is 16.5. The number of carbonyl (C=O) groups is 3. The average Bonchev–Trinajstić information content (AvgIpc) is 3.38. The van der Waals surface area contributed by atoms with Gasteiger partial charge >= 0.3 is 11.9 Å². The van der Waals surface area contributed by atoms with Gasteiger partial charge in [-0.05, 0) is 49.3 Å². The van der Waals surface area contributed by atoms with Crippen molar-refractivity contribution in [1.29, 1.82) is 0 Å². The summed E-state index contributed by atoms with van der Waals surface area (Å²) in [6.07, 6.45) is 4.31. The molecule has 1 fully saturated rings. The second-order valence-electron chi connectivity index (χ2n) is 5.56. The fourth-order valence-corrected chi connectivity index (χ4v) is 2.60. The lowest BCUT2D eigenvalue weighted by molar-refractivity contribution is -0.111. The molecule has 3 rings (SSSR count). The van der Waals surface area contributed by atoms with E-state index in [4.69, 9.17) is 8.83 Å². The zero-order chi connectivity index (χ0) is 18.7. The van der Waals surface area contributed by atoms with Gasteiger partial charge in [0.1, 0.15) is 11.5 Å². The number of ether oxygens (including phenoxy) is 2. The van der Waals surface area contributed by atoms with E-state index in [1.165, 1.54) is 26.4 Å². The molecule has 0 atom stereocenters.